The molecule has 0 aliphatic carbocycles. The quantitative estimate of drug-likeness (QED) is 0.0226. The van der Waals surface area contributed by atoms with Crippen LogP contribution in [0.3, 0.4) is 0 Å². The van der Waals surface area contributed by atoms with E-state index in [-0.39, 0.29) is 134 Å². The Balaban J connectivity index is 0.000000143. The van der Waals surface area contributed by atoms with E-state index in [0.717, 1.165) is 105 Å². The number of epoxide rings is 12. The lowest BCUT2D eigenvalue weighted by atomic mass is 10.2. The van der Waals surface area contributed by atoms with E-state index in [0.29, 0.717) is 132 Å². The summed E-state index contributed by atoms with van der Waals surface area (Å²) < 4.78 is 95.2. The van der Waals surface area contributed by atoms with Crippen molar-refractivity contribution in [3.05, 3.63) is 0 Å². The van der Waals surface area contributed by atoms with Crippen molar-refractivity contribution in [3.8, 4) is 0 Å². The van der Waals surface area contributed by atoms with Crippen molar-refractivity contribution in [2.45, 2.75) is 86.1 Å². The molecule has 15 rings (SSSR count). The third kappa shape index (κ3) is 24.8. The molecule has 15 heterocycles. The standard InChI is InChI=1S/C28H44N6O11.C21H30N6O6.C9H24N12/c1(2-20-9-40-20)3-32(15-35-4-21-10-41-21)26-29-27(33(16-36-5-22-11-42-22)17-37-6-23-12-43-23)31-28(30-26)34(18-38-7-24-13-44-24)19-39-8-25-14-45-25;1(13-7-28-13)25(2-14-8-29-14)19-22-20(26(3-15-9-30-15)4-16-10-31-16)24-21(23-19)27(5-17-11-32-17)6-18-12-33-18;10-1-19(2-11)7-16-8(20(3-12)4-13)18-9(17-7)21(5-14)6-15/h20-25H,1-19H2;13-18H,1-12H2;1-6,10-15H2. The van der Waals surface area contributed by atoms with Crippen LogP contribution in [0.5, 0.6) is 0 Å². The first-order valence-electron chi connectivity index (χ1n) is 34.2. The minimum absolute atomic E-state index is 0.117. The van der Waals surface area contributed by atoms with Crippen LogP contribution in [0.15, 0.2) is 0 Å². The van der Waals surface area contributed by atoms with Gasteiger partial charge in [0.15, 0.2) is 0 Å². The third-order valence-electron chi connectivity index (χ3n) is 16.7. The van der Waals surface area contributed by atoms with Gasteiger partial charge in [-0.1, -0.05) is 0 Å². The van der Waals surface area contributed by atoms with Gasteiger partial charge in [0.25, 0.3) is 0 Å². The highest BCUT2D eigenvalue weighted by Crippen LogP contribution is 2.30. The van der Waals surface area contributed by atoms with Gasteiger partial charge in [-0.15, -0.1) is 0 Å². The molecule has 0 bridgehead atoms. The highest BCUT2D eigenvalue weighted by Gasteiger charge is 2.39. The Hall–Kier alpha value is -5.69. The van der Waals surface area contributed by atoms with Crippen LogP contribution in [0.2, 0.25) is 0 Å². The van der Waals surface area contributed by atoms with Crippen LogP contribution in [0.25, 0.3) is 0 Å². The molecule has 12 N–H and O–H groups in total. The predicted octanol–water partition coefficient (Wildman–Crippen LogP) is -6.19. The number of nitrogens with two attached hydrogens (primary N) is 6. The number of anilines is 9. The maximum absolute atomic E-state index is 6.03. The van der Waals surface area contributed by atoms with Gasteiger partial charge in [-0.25, -0.2) is 0 Å². The number of ether oxygens (including phenoxy) is 17. The average molecular weight is 1400 g/mol. The van der Waals surface area contributed by atoms with Gasteiger partial charge in [0.05, 0.1) is 195 Å². The number of hydrogen-bond acceptors (Lipinski definition) is 41. The van der Waals surface area contributed by atoms with Gasteiger partial charge in [-0.05, 0) is 12.8 Å². The molecule has 0 amide bonds. The molecule has 12 aliphatic heterocycles. The van der Waals surface area contributed by atoms with Crippen molar-refractivity contribution in [2.24, 2.45) is 34.4 Å². The number of aromatic nitrogens is 9. The second kappa shape index (κ2) is 35.5. The van der Waals surface area contributed by atoms with Gasteiger partial charge >= 0.3 is 0 Å². The highest BCUT2D eigenvalue weighted by molar-refractivity contribution is 5.50. The summed E-state index contributed by atoms with van der Waals surface area (Å²) in [7, 11) is 0. The van der Waals surface area contributed by atoms with E-state index in [1.165, 1.54) is 0 Å². The van der Waals surface area contributed by atoms with E-state index >= 15 is 0 Å². The lowest BCUT2D eigenvalue weighted by molar-refractivity contribution is 0.0688. The van der Waals surface area contributed by atoms with Crippen molar-refractivity contribution < 1.29 is 80.5 Å². The summed E-state index contributed by atoms with van der Waals surface area (Å²) in [5.41, 5.74) is 33.7. The topological polar surface area (TPSA) is 498 Å². The average Bonchev–Trinajstić information content (AvgIpc) is 1.50. The molecule has 12 saturated heterocycles. The van der Waals surface area contributed by atoms with Crippen LogP contribution in [0, 0.1) is 0 Å². The Kier molecular flexibility index (Phi) is 25.7. The molecule has 3 aromatic rings. The molecule has 0 aromatic carbocycles. The summed E-state index contributed by atoms with van der Waals surface area (Å²) in [6, 6.07) is 0. The Bertz CT molecular complexity index is 2490. The predicted molar refractivity (Wildman–Crippen MR) is 350 cm³/mol. The monoisotopic (exact) mass is 1400 g/mol. The fourth-order valence-electron chi connectivity index (χ4n) is 9.81. The molecule has 552 valence electrons. The van der Waals surface area contributed by atoms with E-state index in [4.69, 9.17) is 145 Å². The first-order chi connectivity index (χ1) is 48.6. The molecule has 3 aromatic heterocycles. The molecule has 12 fully saturated rings. The van der Waals surface area contributed by atoms with Gasteiger partial charge in [-0.3, -0.25) is 9.80 Å². The van der Waals surface area contributed by atoms with Gasteiger partial charge in [-0.2, -0.15) is 44.9 Å². The van der Waals surface area contributed by atoms with E-state index in [1.54, 1.807) is 14.7 Å². The molecule has 12 aliphatic rings. The van der Waals surface area contributed by atoms with E-state index < -0.39 is 0 Å². The molecule has 12 atom stereocenters. The van der Waals surface area contributed by atoms with Crippen LogP contribution in [0.4, 0.5) is 53.5 Å². The van der Waals surface area contributed by atoms with Crippen molar-refractivity contribution in [3.63, 3.8) is 0 Å². The second-order valence-electron chi connectivity index (χ2n) is 25.6. The van der Waals surface area contributed by atoms with Gasteiger partial charge < -0.3 is 149 Å². The molecule has 0 radical (unpaired) electrons. The van der Waals surface area contributed by atoms with Crippen LogP contribution >= 0.6 is 0 Å². The first kappa shape index (κ1) is 71.7. The second-order valence-corrected chi connectivity index (χ2v) is 25.6. The third-order valence-corrected chi connectivity index (χ3v) is 16.7. The zero-order valence-corrected chi connectivity index (χ0v) is 56.0. The van der Waals surface area contributed by atoms with E-state index in [2.05, 4.69) is 29.7 Å². The number of nitrogens with zero attached hydrogens (tertiary/aromatic N) is 18. The van der Waals surface area contributed by atoms with Crippen LogP contribution < -0.4 is 78.5 Å². The Morgan fingerprint density at radius 1 is 0.242 bits per heavy atom. The highest BCUT2D eigenvalue weighted by atomic mass is 16.6. The largest absolute Gasteiger partial charge is 0.373 e. The maximum Gasteiger partial charge on any atom is 0.235 e. The fourth-order valence-corrected chi connectivity index (χ4v) is 9.81. The summed E-state index contributed by atoms with van der Waals surface area (Å²) >= 11 is 0. The molecule has 12 unspecified atom stereocenters. The van der Waals surface area contributed by atoms with Gasteiger partial charge in [0.2, 0.25) is 53.5 Å². The normalized spacial score (nSPS) is 26.7. The SMILES string of the molecule is C(CC1CO1)CN(COCC1CO1)c1nc(N(COCC2CO2)COCC2CO2)nc(N(COCC2CO2)COCC2CO2)n1.C1OC1CN(CC1CO1)c1nc(N(CC2CO2)CC2CO2)nc(N(CC2CO2)CC2CO2)n1.NCN(CN)c1nc(N(CN)CN)nc(N(CN)CN)n1. The number of rotatable bonds is 51. The lowest BCUT2D eigenvalue weighted by Crippen LogP contribution is -2.41. The summed E-state index contributed by atoms with van der Waals surface area (Å²) in [5.74, 6) is 4.16. The smallest absolute Gasteiger partial charge is 0.235 e. The summed E-state index contributed by atoms with van der Waals surface area (Å²) in [6.45, 7) is 18.6. The number of hydrogen-bond donors (Lipinski definition) is 6. The minimum atomic E-state index is 0.117. The van der Waals surface area contributed by atoms with E-state index in [1.807, 2.05) is 14.7 Å². The molecular weight excluding hydrogens is 1300 g/mol. The van der Waals surface area contributed by atoms with Crippen LogP contribution in [-0.2, 0) is 80.5 Å². The maximum atomic E-state index is 6.03. The van der Waals surface area contributed by atoms with Crippen molar-refractivity contribution >= 4 is 53.5 Å². The molecular formula is C58H98N24O17. The van der Waals surface area contributed by atoms with E-state index in [9.17, 15) is 0 Å². The Labute approximate surface area is 573 Å². The molecule has 41 nitrogen and oxygen atoms in total. The molecule has 0 saturated carbocycles. The van der Waals surface area contributed by atoms with Crippen molar-refractivity contribution in [2.75, 3.05) is 276 Å². The molecule has 41 heteroatoms. The zero-order chi connectivity index (χ0) is 67.9. The Morgan fingerprint density at radius 2 is 0.424 bits per heavy atom. The van der Waals surface area contributed by atoms with Gasteiger partial charge in [0.1, 0.15) is 64.2 Å². The van der Waals surface area contributed by atoms with Gasteiger partial charge in [0, 0.05) is 45.8 Å². The van der Waals surface area contributed by atoms with Crippen molar-refractivity contribution in [1.82, 2.24) is 44.9 Å². The molecule has 99 heavy (non-hydrogen) atoms. The lowest BCUT2D eigenvalue weighted by Gasteiger charge is -2.28. The minimum Gasteiger partial charge on any atom is -0.373 e. The summed E-state index contributed by atoms with van der Waals surface area (Å²) in [4.78, 5) is 59.3. The van der Waals surface area contributed by atoms with Crippen LogP contribution in [0.1, 0.15) is 12.8 Å². The van der Waals surface area contributed by atoms with Crippen LogP contribution in [-0.4, -0.2) is 350 Å². The first-order valence-corrected chi connectivity index (χ1v) is 34.2. The fraction of sp³-hybridized carbons (Fsp3) is 0.845. The molecule has 0 spiro atoms. The summed E-state index contributed by atoms with van der Waals surface area (Å²) in [5, 5.41) is 0. The summed E-state index contributed by atoms with van der Waals surface area (Å²) in [6.07, 6.45) is 4.10. The zero-order valence-electron chi connectivity index (χ0n) is 56.0. The van der Waals surface area contributed by atoms with Crippen molar-refractivity contribution in [1.29, 1.82) is 0 Å². The Morgan fingerprint density at radius 3 is 0.626 bits per heavy atom.